The van der Waals surface area contributed by atoms with Gasteiger partial charge in [0.2, 0.25) is 0 Å². The third-order valence-electron chi connectivity index (χ3n) is 4.61. The number of imide groups is 1. The Morgan fingerprint density at radius 3 is 2.34 bits per heavy atom. The Hall–Kier alpha value is -3.26. The van der Waals surface area contributed by atoms with Crippen LogP contribution in [0.4, 0.5) is 4.79 Å². The van der Waals surface area contributed by atoms with Crippen molar-refractivity contribution in [1.29, 1.82) is 0 Å². The smallest absolute Gasteiger partial charge is 0.346 e. The van der Waals surface area contributed by atoms with Crippen LogP contribution in [-0.4, -0.2) is 44.5 Å². The van der Waals surface area contributed by atoms with Gasteiger partial charge in [0.1, 0.15) is 11.3 Å². The van der Waals surface area contributed by atoms with Crippen LogP contribution < -0.4 is 19.5 Å². The van der Waals surface area contributed by atoms with Crippen LogP contribution in [0.15, 0.2) is 41.5 Å². The van der Waals surface area contributed by atoms with E-state index in [4.69, 9.17) is 25.8 Å². The van der Waals surface area contributed by atoms with Gasteiger partial charge in [-0.2, -0.15) is 5.10 Å². The third-order valence-corrected chi connectivity index (χ3v) is 4.90. The Morgan fingerprint density at radius 2 is 1.76 bits per heavy atom. The molecular formula is C20H20ClN3O5. The number of carbonyl (C=O) groups is 2. The Kier molecular flexibility index (Phi) is 5.65. The summed E-state index contributed by atoms with van der Waals surface area (Å²) in [6.45, 7) is 1.62. The molecule has 0 aliphatic carbocycles. The average Bonchev–Trinajstić information content (AvgIpc) is 2.95. The van der Waals surface area contributed by atoms with Gasteiger partial charge in [-0.05, 0) is 42.3 Å². The lowest BCUT2D eigenvalue weighted by Gasteiger charge is -2.21. The minimum atomic E-state index is -1.24. The van der Waals surface area contributed by atoms with Crippen molar-refractivity contribution in [1.82, 2.24) is 10.3 Å². The molecule has 8 nitrogen and oxygen atoms in total. The van der Waals surface area contributed by atoms with Gasteiger partial charge in [-0.1, -0.05) is 23.7 Å². The zero-order chi connectivity index (χ0) is 21.2. The molecule has 9 heteroatoms. The molecule has 3 rings (SSSR count). The van der Waals surface area contributed by atoms with Crippen LogP contribution in [0.3, 0.4) is 0 Å². The van der Waals surface area contributed by atoms with E-state index in [0.29, 0.717) is 33.4 Å². The number of hydrazone groups is 1. The Bertz CT molecular complexity index is 977. The summed E-state index contributed by atoms with van der Waals surface area (Å²) in [7, 11) is 4.51. The molecule has 2 aromatic carbocycles. The van der Waals surface area contributed by atoms with Crippen molar-refractivity contribution in [2.24, 2.45) is 5.10 Å². The molecule has 1 N–H and O–H groups in total. The first kappa shape index (κ1) is 20.5. The van der Waals surface area contributed by atoms with Gasteiger partial charge in [-0.25, -0.2) is 4.79 Å². The predicted octanol–water partition coefficient (Wildman–Crippen LogP) is 3.17. The normalized spacial score (nSPS) is 18.9. The Labute approximate surface area is 173 Å². The van der Waals surface area contributed by atoms with E-state index < -0.39 is 17.5 Å². The molecule has 0 radical (unpaired) electrons. The molecular weight excluding hydrogens is 398 g/mol. The van der Waals surface area contributed by atoms with Crippen molar-refractivity contribution in [3.63, 3.8) is 0 Å². The van der Waals surface area contributed by atoms with Crippen molar-refractivity contribution in [2.45, 2.75) is 12.5 Å². The Balaban J connectivity index is 1.87. The summed E-state index contributed by atoms with van der Waals surface area (Å²) < 4.78 is 15.6. The van der Waals surface area contributed by atoms with Gasteiger partial charge in [0.05, 0.1) is 32.6 Å². The number of nitrogens with one attached hydrogen (secondary N) is 1. The fourth-order valence-corrected chi connectivity index (χ4v) is 3.28. The van der Waals surface area contributed by atoms with Gasteiger partial charge in [-0.3, -0.25) is 4.79 Å². The van der Waals surface area contributed by atoms with Crippen molar-refractivity contribution < 1.29 is 23.8 Å². The fraction of sp³-hybridized carbons (Fsp3) is 0.250. The van der Waals surface area contributed by atoms with E-state index in [1.807, 2.05) is 0 Å². The zero-order valence-electron chi connectivity index (χ0n) is 16.4. The van der Waals surface area contributed by atoms with Crippen LogP contribution in [-0.2, 0) is 10.3 Å². The van der Waals surface area contributed by atoms with E-state index in [1.165, 1.54) is 20.4 Å². The minimum Gasteiger partial charge on any atom is -0.497 e. The number of carbonyl (C=O) groups excluding carboxylic acids is 2. The molecule has 1 heterocycles. The Morgan fingerprint density at radius 1 is 1.07 bits per heavy atom. The molecule has 3 amide bonds. The van der Waals surface area contributed by atoms with E-state index in [1.54, 1.807) is 50.4 Å². The number of urea groups is 1. The molecule has 0 bridgehead atoms. The predicted molar refractivity (Wildman–Crippen MR) is 108 cm³/mol. The van der Waals surface area contributed by atoms with E-state index in [2.05, 4.69) is 10.4 Å². The number of amides is 3. The third kappa shape index (κ3) is 3.71. The van der Waals surface area contributed by atoms with Crippen LogP contribution >= 0.6 is 11.6 Å². The van der Waals surface area contributed by atoms with Gasteiger partial charge in [0.15, 0.2) is 11.5 Å². The maximum absolute atomic E-state index is 12.9. The number of benzene rings is 2. The lowest BCUT2D eigenvalue weighted by atomic mass is 9.92. The summed E-state index contributed by atoms with van der Waals surface area (Å²) >= 11 is 6.18. The minimum absolute atomic E-state index is 0.313. The molecule has 29 heavy (non-hydrogen) atoms. The number of halogens is 1. The topological polar surface area (TPSA) is 89.5 Å². The number of methoxy groups -OCH3 is 3. The van der Waals surface area contributed by atoms with Gasteiger partial charge in [-0.15, -0.1) is 5.01 Å². The highest BCUT2D eigenvalue weighted by molar-refractivity contribution is 6.32. The highest BCUT2D eigenvalue weighted by Crippen LogP contribution is 2.36. The van der Waals surface area contributed by atoms with E-state index in [-0.39, 0.29) is 0 Å². The maximum Gasteiger partial charge on any atom is 0.346 e. The van der Waals surface area contributed by atoms with Crippen molar-refractivity contribution in [2.75, 3.05) is 21.3 Å². The van der Waals surface area contributed by atoms with Gasteiger partial charge in [0, 0.05) is 0 Å². The molecule has 1 fully saturated rings. The quantitative estimate of drug-likeness (QED) is 0.576. The first-order chi connectivity index (χ1) is 13.8. The molecule has 1 atom stereocenters. The monoisotopic (exact) mass is 417 g/mol. The molecule has 152 valence electrons. The summed E-state index contributed by atoms with van der Waals surface area (Å²) in [4.78, 5) is 25.3. The average molecular weight is 418 g/mol. The molecule has 0 aromatic heterocycles. The maximum atomic E-state index is 12.9. The highest BCUT2D eigenvalue weighted by atomic mass is 35.5. The summed E-state index contributed by atoms with van der Waals surface area (Å²) in [6, 6.07) is 9.48. The molecule has 0 spiro atoms. The molecule has 0 saturated carbocycles. The van der Waals surface area contributed by atoms with Crippen molar-refractivity contribution in [3.05, 3.63) is 52.5 Å². The second kappa shape index (κ2) is 8.00. The number of hydrogen-bond donors (Lipinski definition) is 1. The lowest BCUT2D eigenvalue weighted by Crippen LogP contribution is -2.40. The summed E-state index contributed by atoms with van der Waals surface area (Å²) in [6.07, 6.45) is 1.35. The van der Waals surface area contributed by atoms with Crippen LogP contribution in [0.5, 0.6) is 17.2 Å². The van der Waals surface area contributed by atoms with E-state index in [0.717, 1.165) is 5.01 Å². The van der Waals surface area contributed by atoms with Crippen LogP contribution in [0.25, 0.3) is 0 Å². The van der Waals surface area contributed by atoms with Crippen molar-refractivity contribution >= 4 is 29.8 Å². The molecule has 1 aliphatic heterocycles. The second-order valence-corrected chi connectivity index (χ2v) is 6.79. The summed E-state index contributed by atoms with van der Waals surface area (Å²) in [5.74, 6) is 0.930. The van der Waals surface area contributed by atoms with Gasteiger partial charge in [0.25, 0.3) is 5.91 Å². The van der Waals surface area contributed by atoms with Crippen molar-refractivity contribution in [3.8, 4) is 17.2 Å². The van der Waals surface area contributed by atoms with E-state index in [9.17, 15) is 9.59 Å². The zero-order valence-corrected chi connectivity index (χ0v) is 17.1. The fourth-order valence-electron chi connectivity index (χ4n) is 2.99. The standard InChI is InChI=1S/C20H20ClN3O5/c1-20(13-5-7-14(27-2)8-6-13)18(25)24(19(26)23-20)22-11-12-9-15(21)17(29-4)16(10-12)28-3/h5-11H,1-4H3,(H,23,26)/b22-11-/t20-/m0/s1. The van der Waals surface area contributed by atoms with Crippen LogP contribution in [0, 0.1) is 0 Å². The van der Waals surface area contributed by atoms with Gasteiger partial charge < -0.3 is 19.5 Å². The largest absolute Gasteiger partial charge is 0.497 e. The number of hydrogen-bond acceptors (Lipinski definition) is 6. The van der Waals surface area contributed by atoms with Gasteiger partial charge >= 0.3 is 6.03 Å². The molecule has 1 saturated heterocycles. The molecule has 1 aliphatic rings. The van der Waals surface area contributed by atoms with Crippen LogP contribution in [0.2, 0.25) is 5.02 Å². The van der Waals surface area contributed by atoms with E-state index >= 15 is 0 Å². The molecule has 0 unspecified atom stereocenters. The SMILES string of the molecule is COc1ccc([C@]2(C)NC(=O)N(/N=C\c3cc(Cl)c(OC)c(OC)c3)C2=O)cc1. The lowest BCUT2D eigenvalue weighted by molar-refractivity contribution is -0.131. The first-order valence-electron chi connectivity index (χ1n) is 8.60. The number of ether oxygens (including phenoxy) is 3. The summed E-state index contributed by atoms with van der Waals surface area (Å²) in [5, 5.41) is 7.83. The second-order valence-electron chi connectivity index (χ2n) is 6.38. The molecule has 2 aromatic rings. The van der Waals surface area contributed by atoms with Crippen LogP contribution in [0.1, 0.15) is 18.1 Å². The number of rotatable bonds is 6. The summed E-state index contributed by atoms with van der Waals surface area (Å²) in [5.41, 5.74) is -0.0922. The first-order valence-corrected chi connectivity index (χ1v) is 8.98. The highest BCUT2D eigenvalue weighted by Gasteiger charge is 2.49. The number of nitrogens with zero attached hydrogens (tertiary/aromatic N) is 2.